The Kier molecular flexibility index (Phi) is 6.11. The third-order valence-electron chi connectivity index (χ3n) is 5.71. The van der Waals surface area contributed by atoms with Gasteiger partial charge < -0.3 is 15.5 Å². The molecule has 1 fully saturated rings. The number of hydrogen-bond donors (Lipinski definition) is 3. The fourth-order valence-electron chi connectivity index (χ4n) is 3.92. The number of anilines is 3. The number of aromatic nitrogens is 5. The van der Waals surface area contributed by atoms with Crippen molar-refractivity contribution in [2.45, 2.75) is 18.9 Å². The minimum Gasteiger partial charge on any atom is -0.356 e. The number of halogens is 1. The monoisotopic (exact) mass is 458 g/mol. The van der Waals surface area contributed by atoms with Crippen LogP contribution in [0.4, 0.5) is 21.8 Å². The third-order valence-corrected chi connectivity index (χ3v) is 5.71. The zero-order valence-electron chi connectivity index (χ0n) is 18.3. The number of rotatable bonds is 6. The van der Waals surface area contributed by atoms with Crippen LogP contribution in [0.5, 0.6) is 0 Å². The van der Waals surface area contributed by atoms with Crippen LogP contribution in [-0.4, -0.2) is 50.2 Å². The molecule has 3 aromatic heterocycles. The number of piperidine rings is 1. The quantitative estimate of drug-likeness (QED) is 0.405. The Hall–Kier alpha value is -4.34. The van der Waals surface area contributed by atoms with Crippen LogP contribution in [0.3, 0.4) is 0 Å². The summed E-state index contributed by atoms with van der Waals surface area (Å²) in [6.07, 6.45) is 6.38. The second-order valence-electron chi connectivity index (χ2n) is 8.02. The van der Waals surface area contributed by atoms with Gasteiger partial charge in [0.1, 0.15) is 23.8 Å². The molecule has 1 aromatic carbocycles. The molecule has 172 valence electrons. The molecule has 0 saturated carbocycles. The molecule has 1 amide bonds. The molecule has 0 aliphatic carbocycles. The highest BCUT2D eigenvalue weighted by molar-refractivity contribution is 5.94. The van der Waals surface area contributed by atoms with Crippen molar-refractivity contribution in [3.05, 3.63) is 78.6 Å². The van der Waals surface area contributed by atoms with E-state index >= 15 is 0 Å². The minimum absolute atomic E-state index is 0.0649. The zero-order chi connectivity index (χ0) is 23.3. The SMILES string of the molecule is O=C(NC1CCN(c2cc(Nc3cc[nH]n3)ncn2)CC1)c1ccc(-c2cccc(F)c2)nc1. The molecule has 0 radical (unpaired) electrons. The topological polar surface area (TPSA) is 112 Å². The summed E-state index contributed by atoms with van der Waals surface area (Å²) >= 11 is 0. The lowest BCUT2D eigenvalue weighted by atomic mass is 10.0. The highest BCUT2D eigenvalue weighted by Gasteiger charge is 2.22. The number of amides is 1. The molecule has 4 heterocycles. The molecule has 1 aliphatic heterocycles. The molecule has 0 unspecified atom stereocenters. The zero-order valence-corrected chi connectivity index (χ0v) is 18.3. The smallest absolute Gasteiger partial charge is 0.253 e. The molecular weight excluding hydrogens is 435 g/mol. The van der Waals surface area contributed by atoms with Crippen molar-refractivity contribution in [3.63, 3.8) is 0 Å². The summed E-state index contributed by atoms with van der Waals surface area (Å²) < 4.78 is 13.4. The Balaban J connectivity index is 1.15. The minimum atomic E-state index is -0.320. The van der Waals surface area contributed by atoms with Gasteiger partial charge in [-0.2, -0.15) is 5.10 Å². The number of carbonyl (C=O) groups is 1. The lowest BCUT2D eigenvalue weighted by molar-refractivity contribution is 0.0930. The van der Waals surface area contributed by atoms with Gasteiger partial charge in [0.05, 0.1) is 11.3 Å². The average molecular weight is 459 g/mol. The van der Waals surface area contributed by atoms with E-state index in [0.717, 1.165) is 31.7 Å². The van der Waals surface area contributed by atoms with Crippen molar-refractivity contribution >= 4 is 23.4 Å². The summed E-state index contributed by atoms with van der Waals surface area (Å²) in [5.74, 6) is 1.70. The van der Waals surface area contributed by atoms with Crippen LogP contribution in [0.1, 0.15) is 23.2 Å². The Morgan fingerprint density at radius 3 is 2.65 bits per heavy atom. The molecule has 1 aliphatic rings. The summed E-state index contributed by atoms with van der Waals surface area (Å²) in [5, 5.41) is 13.0. The van der Waals surface area contributed by atoms with E-state index in [9.17, 15) is 9.18 Å². The molecule has 0 bridgehead atoms. The molecule has 3 N–H and O–H groups in total. The third kappa shape index (κ3) is 5.01. The van der Waals surface area contributed by atoms with Crippen molar-refractivity contribution in [1.82, 2.24) is 30.5 Å². The fraction of sp³-hybridized carbons (Fsp3) is 0.208. The van der Waals surface area contributed by atoms with Gasteiger partial charge in [-0.3, -0.25) is 14.9 Å². The number of pyridine rings is 1. The Bertz CT molecular complexity index is 1250. The second-order valence-corrected chi connectivity index (χ2v) is 8.02. The van der Waals surface area contributed by atoms with E-state index in [1.807, 2.05) is 12.1 Å². The predicted molar refractivity (Wildman–Crippen MR) is 126 cm³/mol. The van der Waals surface area contributed by atoms with E-state index in [2.05, 4.69) is 40.7 Å². The first-order chi connectivity index (χ1) is 16.6. The maximum absolute atomic E-state index is 13.4. The van der Waals surface area contributed by atoms with Gasteiger partial charge in [-0.1, -0.05) is 12.1 Å². The summed E-state index contributed by atoms with van der Waals surface area (Å²) in [7, 11) is 0. The number of nitrogens with zero attached hydrogens (tertiary/aromatic N) is 5. The number of carbonyl (C=O) groups excluding carboxylic acids is 1. The van der Waals surface area contributed by atoms with Crippen molar-refractivity contribution in [2.24, 2.45) is 0 Å². The van der Waals surface area contributed by atoms with Gasteiger partial charge in [-0.05, 0) is 37.1 Å². The second kappa shape index (κ2) is 9.65. The molecule has 0 atom stereocenters. The summed E-state index contributed by atoms with van der Waals surface area (Å²) in [5.41, 5.74) is 1.77. The van der Waals surface area contributed by atoms with Crippen LogP contribution in [0.15, 0.2) is 67.3 Å². The molecule has 5 rings (SSSR count). The summed E-state index contributed by atoms with van der Waals surface area (Å²) in [4.78, 5) is 27.8. The number of H-pyrrole nitrogens is 1. The van der Waals surface area contributed by atoms with E-state index in [4.69, 9.17) is 0 Å². The van der Waals surface area contributed by atoms with Gasteiger partial charge in [-0.15, -0.1) is 0 Å². The largest absolute Gasteiger partial charge is 0.356 e. The Labute approximate surface area is 195 Å². The van der Waals surface area contributed by atoms with Crippen LogP contribution in [-0.2, 0) is 0 Å². The summed E-state index contributed by atoms with van der Waals surface area (Å²) in [6, 6.07) is 13.4. The van der Waals surface area contributed by atoms with Crippen molar-refractivity contribution in [1.29, 1.82) is 0 Å². The first-order valence-corrected chi connectivity index (χ1v) is 11.0. The standard InChI is InChI=1S/C24H23FN8O/c25-18-3-1-2-16(12-18)20-5-4-17(14-26-20)24(34)30-19-7-10-33(11-8-19)23-13-22(27-15-28-23)31-21-6-9-29-32-21/h1-6,9,12-15,19H,7-8,10-11H2,(H,30,34)(H2,27,28,29,31,32). The van der Waals surface area contributed by atoms with E-state index in [1.165, 1.54) is 24.7 Å². The van der Waals surface area contributed by atoms with Gasteiger partial charge in [0.2, 0.25) is 0 Å². The molecule has 9 nitrogen and oxygen atoms in total. The number of nitrogens with one attached hydrogen (secondary N) is 3. The van der Waals surface area contributed by atoms with Gasteiger partial charge in [0, 0.05) is 49.2 Å². The average Bonchev–Trinajstić information content (AvgIpc) is 3.38. The lowest BCUT2D eigenvalue weighted by Gasteiger charge is -2.33. The number of hydrogen-bond acceptors (Lipinski definition) is 7. The van der Waals surface area contributed by atoms with Crippen LogP contribution < -0.4 is 15.5 Å². The number of aromatic amines is 1. The van der Waals surface area contributed by atoms with Crippen LogP contribution in [0, 0.1) is 5.82 Å². The number of benzene rings is 1. The van der Waals surface area contributed by atoms with Crippen LogP contribution in [0.25, 0.3) is 11.3 Å². The molecular formula is C24H23FN8O. The van der Waals surface area contributed by atoms with E-state index in [-0.39, 0.29) is 17.8 Å². The predicted octanol–water partition coefficient (Wildman–Crippen LogP) is 3.54. The Morgan fingerprint density at radius 1 is 1.03 bits per heavy atom. The van der Waals surface area contributed by atoms with Crippen molar-refractivity contribution in [2.75, 3.05) is 23.3 Å². The first kappa shape index (κ1) is 21.5. The normalized spacial score (nSPS) is 14.1. The Morgan fingerprint density at radius 2 is 1.91 bits per heavy atom. The van der Waals surface area contributed by atoms with Gasteiger partial charge in [-0.25, -0.2) is 14.4 Å². The van der Waals surface area contributed by atoms with Crippen molar-refractivity contribution < 1.29 is 9.18 Å². The van der Waals surface area contributed by atoms with E-state index in [0.29, 0.717) is 28.5 Å². The van der Waals surface area contributed by atoms with Gasteiger partial charge in [0.15, 0.2) is 5.82 Å². The molecule has 0 spiro atoms. The van der Waals surface area contributed by atoms with Crippen LogP contribution in [0.2, 0.25) is 0 Å². The molecule has 4 aromatic rings. The van der Waals surface area contributed by atoms with E-state index < -0.39 is 0 Å². The molecule has 1 saturated heterocycles. The molecule has 34 heavy (non-hydrogen) atoms. The maximum Gasteiger partial charge on any atom is 0.253 e. The fourth-order valence-corrected chi connectivity index (χ4v) is 3.92. The van der Waals surface area contributed by atoms with Crippen molar-refractivity contribution in [3.8, 4) is 11.3 Å². The maximum atomic E-state index is 13.4. The van der Waals surface area contributed by atoms with Gasteiger partial charge in [0.25, 0.3) is 5.91 Å². The van der Waals surface area contributed by atoms with Gasteiger partial charge >= 0.3 is 0 Å². The lowest BCUT2D eigenvalue weighted by Crippen LogP contribution is -2.45. The highest BCUT2D eigenvalue weighted by Crippen LogP contribution is 2.22. The summed E-state index contributed by atoms with van der Waals surface area (Å²) in [6.45, 7) is 1.53. The highest BCUT2D eigenvalue weighted by atomic mass is 19.1. The molecule has 10 heteroatoms. The first-order valence-electron chi connectivity index (χ1n) is 11.0. The van der Waals surface area contributed by atoms with E-state index in [1.54, 1.807) is 30.5 Å². The van der Waals surface area contributed by atoms with Crippen LogP contribution >= 0.6 is 0 Å².